The second-order valence-corrected chi connectivity index (χ2v) is 9.28. The van der Waals surface area contributed by atoms with E-state index in [4.69, 9.17) is 25.8 Å². The summed E-state index contributed by atoms with van der Waals surface area (Å²) in [6.07, 6.45) is 3.13. The lowest BCUT2D eigenvalue weighted by atomic mass is 9.69. The van der Waals surface area contributed by atoms with Crippen LogP contribution in [0.1, 0.15) is 28.8 Å². The number of likely N-dealkylation sites (tertiary alicyclic amines) is 1. The minimum absolute atomic E-state index is 0.0163. The Labute approximate surface area is 181 Å². The van der Waals surface area contributed by atoms with Crippen molar-refractivity contribution >= 4 is 17.6 Å². The number of benzene rings is 2. The van der Waals surface area contributed by atoms with Gasteiger partial charge in [-0.2, -0.15) is 0 Å². The first kappa shape index (κ1) is 19.7. The SMILES string of the molecule is CN1C[C@H]2CC(Cc3ccc4c(c3)OCO4)C[C@@H](C1)C2OC(=O)c1ccc(Cl)cc1. The number of carbonyl (C=O) groups is 1. The molecule has 2 heterocycles. The van der Waals surface area contributed by atoms with Gasteiger partial charge < -0.3 is 19.1 Å². The van der Waals surface area contributed by atoms with Crippen LogP contribution in [0.15, 0.2) is 42.5 Å². The number of esters is 1. The Balaban J connectivity index is 1.27. The quantitative estimate of drug-likeness (QED) is 0.676. The lowest BCUT2D eigenvalue weighted by molar-refractivity contribution is -0.0744. The maximum atomic E-state index is 12.7. The standard InChI is InChI=1S/C24H26ClNO4/c1-26-12-18-9-16(8-15-2-7-21-22(11-15)29-14-28-21)10-19(13-26)23(18)30-24(27)17-3-5-20(25)6-4-17/h2-7,11,16,18-19,23H,8-10,12-14H2,1H3/t16?,18-,19+,23?. The van der Waals surface area contributed by atoms with Gasteiger partial charge >= 0.3 is 5.97 Å². The molecule has 2 aromatic rings. The predicted octanol–water partition coefficient (Wildman–Crippen LogP) is 4.42. The smallest absolute Gasteiger partial charge is 0.338 e. The zero-order valence-corrected chi connectivity index (χ0v) is 17.8. The highest BCUT2D eigenvalue weighted by Gasteiger charge is 2.44. The number of hydrogen-bond acceptors (Lipinski definition) is 5. The first-order valence-corrected chi connectivity index (χ1v) is 11.0. The average molecular weight is 428 g/mol. The lowest BCUT2D eigenvalue weighted by Crippen LogP contribution is -2.53. The van der Waals surface area contributed by atoms with Crippen LogP contribution in [-0.2, 0) is 11.2 Å². The van der Waals surface area contributed by atoms with Crippen molar-refractivity contribution < 1.29 is 19.0 Å². The van der Waals surface area contributed by atoms with Crippen LogP contribution < -0.4 is 9.47 Å². The van der Waals surface area contributed by atoms with Crippen LogP contribution in [0.2, 0.25) is 5.02 Å². The third-order valence-corrected chi connectivity index (χ3v) is 6.83. The molecule has 5 rings (SSSR count). The maximum Gasteiger partial charge on any atom is 0.338 e. The van der Waals surface area contributed by atoms with Gasteiger partial charge in [-0.25, -0.2) is 4.79 Å². The third-order valence-electron chi connectivity index (χ3n) is 6.58. The van der Waals surface area contributed by atoms with Gasteiger partial charge in [0.05, 0.1) is 5.56 Å². The highest BCUT2D eigenvalue weighted by molar-refractivity contribution is 6.30. The van der Waals surface area contributed by atoms with E-state index in [0.717, 1.165) is 43.9 Å². The summed E-state index contributed by atoms with van der Waals surface area (Å²) in [5.74, 6) is 2.73. The largest absolute Gasteiger partial charge is 0.458 e. The number of carbonyl (C=O) groups excluding carboxylic acids is 1. The molecule has 1 saturated heterocycles. The van der Waals surface area contributed by atoms with E-state index in [1.165, 1.54) is 5.56 Å². The summed E-state index contributed by atoms with van der Waals surface area (Å²) in [7, 11) is 2.16. The average Bonchev–Trinajstić information content (AvgIpc) is 3.17. The zero-order valence-electron chi connectivity index (χ0n) is 17.1. The molecule has 30 heavy (non-hydrogen) atoms. The van der Waals surface area contributed by atoms with Crippen molar-refractivity contribution in [2.75, 3.05) is 26.9 Å². The molecule has 4 atom stereocenters. The molecule has 2 aliphatic heterocycles. The zero-order chi connectivity index (χ0) is 20.7. The molecule has 0 amide bonds. The predicted molar refractivity (Wildman–Crippen MR) is 114 cm³/mol. The fraction of sp³-hybridized carbons (Fsp3) is 0.458. The first-order chi connectivity index (χ1) is 14.5. The Morgan fingerprint density at radius 1 is 1.07 bits per heavy atom. The molecule has 0 aromatic heterocycles. The molecule has 5 nitrogen and oxygen atoms in total. The Hall–Kier alpha value is -2.24. The van der Waals surface area contributed by atoms with Crippen molar-refractivity contribution in [3.05, 3.63) is 58.6 Å². The van der Waals surface area contributed by atoms with Crippen LogP contribution in [0.4, 0.5) is 0 Å². The van der Waals surface area contributed by atoms with Crippen molar-refractivity contribution in [3.63, 3.8) is 0 Å². The van der Waals surface area contributed by atoms with Gasteiger partial charge in [-0.1, -0.05) is 17.7 Å². The van der Waals surface area contributed by atoms with Crippen molar-refractivity contribution in [1.82, 2.24) is 4.90 Å². The minimum atomic E-state index is -0.245. The summed E-state index contributed by atoms with van der Waals surface area (Å²) in [6.45, 7) is 2.23. The van der Waals surface area contributed by atoms with E-state index in [-0.39, 0.29) is 12.1 Å². The van der Waals surface area contributed by atoms with Crippen LogP contribution in [0.25, 0.3) is 0 Å². The molecular formula is C24H26ClNO4. The van der Waals surface area contributed by atoms with Gasteiger partial charge in [-0.15, -0.1) is 0 Å². The van der Waals surface area contributed by atoms with Crippen molar-refractivity contribution in [2.45, 2.75) is 25.4 Å². The normalized spacial score (nSPS) is 27.7. The number of fused-ring (bicyclic) bond motifs is 3. The minimum Gasteiger partial charge on any atom is -0.458 e. The summed E-state index contributed by atoms with van der Waals surface area (Å²) in [6, 6.07) is 13.2. The lowest BCUT2D eigenvalue weighted by Gasteiger charge is -2.48. The maximum absolute atomic E-state index is 12.7. The van der Waals surface area contributed by atoms with E-state index < -0.39 is 0 Å². The van der Waals surface area contributed by atoms with E-state index >= 15 is 0 Å². The second-order valence-electron chi connectivity index (χ2n) is 8.85. The highest BCUT2D eigenvalue weighted by Crippen LogP contribution is 2.42. The summed E-state index contributed by atoms with van der Waals surface area (Å²) < 4.78 is 17.0. The van der Waals surface area contributed by atoms with Crippen molar-refractivity contribution in [3.8, 4) is 11.5 Å². The summed E-state index contributed by atoms with van der Waals surface area (Å²) in [4.78, 5) is 15.1. The fourth-order valence-corrected chi connectivity index (χ4v) is 5.50. The van der Waals surface area contributed by atoms with Gasteiger partial charge in [-0.3, -0.25) is 0 Å². The van der Waals surface area contributed by atoms with Gasteiger partial charge in [-0.05, 0) is 74.2 Å². The second kappa shape index (κ2) is 8.12. The number of hydrogen-bond donors (Lipinski definition) is 0. The molecule has 158 valence electrons. The van der Waals surface area contributed by atoms with Gasteiger partial charge in [0.25, 0.3) is 0 Å². The summed E-state index contributed by atoms with van der Waals surface area (Å²) in [5, 5.41) is 0.620. The van der Waals surface area contributed by atoms with Gasteiger partial charge in [0.15, 0.2) is 11.5 Å². The molecule has 6 heteroatoms. The monoisotopic (exact) mass is 427 g/mol. The van der Waals surface area contributed by atoms with E-state index in [9.17, 15) is 4.79 Å². The Morgan fingerprint density at radius 2 is 1.77 bits per heavy atom. The molecular weight excluding hydrogens is 402 g/mol. The molecule has 0 N–H and O–H groups in total. The van der Waals surface area contributed by atoms with Crippen molar-refractivity contribution in [1.29, 1.82) is 0 Å². The van der Waals surface area contributed by atoms with Crippen LogP contribution in [0, 0.1) is 17.8 Å². The van der Waals surface area contributed by atoms with Crippen LogP contribution >= 0.6 is 11.6 Å². The fourth-order valence-electron chi connectivity index (χ4n) is 5.38. The Bertz CT molecular complexity index is 915. The van der Waals surface area contributed by atoms with Gasteiger partial charge in [0.2, 0.25) is 6.79 Å². The molecule has 2 bridgehead atoms. The summed E-state index contributed by atoms with van der Waals surface area (Å²) >= 11 is 5.94. The summed E-state index contributed by atoms with van der Waals surface area (Å²) in [5.41, 5.74) is 1.85. The van der Waals surface area contributed by atoms with E-state index in [1.807, 2.05) is 6.07 Å². The van der Waals surface area contributed by atoms with E-state index in [0.29, 0.717) is 35.1 Å². The molecule has 0 spiro atoms. The van der Waals surface area contributed by atoms with E-state index in [2.05, 4.69) is 24.1 Å². The Kier molecular flexibility index (Phi) is 5.34. The van der Waals surface area contributed by atoms with Crippen LogP contribution in [0.3, 0.4) is 0 Å². The molecule has 1 saturated carbocycles. The molecule has 1 aliphatic carbocycles. The number of rotatable bonds is 4. The number of piperidine rings is 1. The number of halogens is 1. The van der Waals surface area contributed by atoms with E-state index in [1.54, 1.807) is 24.3 Å². The Morgan fingerprint density at radius 3 is 2.50 bits per heavy atom. The van der Waals surface area contributed by atoms with Crippen LogP contribution in [0.5, 0.6) is 11.5 Å². The number of nitrogens with zero attached hydrogens (tertiary/aromatic N) is 1. The third kappa shape index (κ3) is 4.01. The van der Waals surface area contributed by atoms with Gasteiger partial charge in [0.1, 0.15) is 6.10 Å². The number of ether oxygens (including phenoxy) is 3. The first-order valence-electron chi connectivity index (χ1n) is 10.6. The molecule has 2 fully saturated rings. The highest BCUT2D eigenvalue weighted by atomic mass is 35.5. The molecule has 2 aromatic carbocycles. The molecule has 0 radical (unpaired) electrons. The molecule has 3 aliphatic rings. The van der Waals surface area contributed by atoms with Gasteiger partial charge in [0, 0.05) is 29.9 Å². The van der Waals surface area contributed by atoms with Crippen molar-refractivity contribution in [2.24, 2.45) is 17.8 Å². The molecule has 2 unspecified atom stereocenters. The van der Waals surface area contributed by atoms with Crippen LogP contribution in [-0.4, -0.2) is 43.9 Å². The topological polar surface area (TPSA) is 48.0 Å².